The van der Waals surface area contributed by atoms with Gasteiger partial charge in [0.1, 0.15) is 12.1 Å². The number of aromatic nitrogens is 2. The largest absolute Gasteiger partial charge is 0.493 e. The number of nitrogens with zero attached hydrogens (tertiary/aromatic N) is 2. The number of halogens is 3. The molecule has 0 unspecified atom stereocenters. The maximum atomic E-state index is 12.2. The minimum absolute atomic E-state index is 0.407. The molecule has 0 radical (unpaired) electrons. The SMILES string of the molecule is COc1c(Br)ccc2cn(CC(F)F)nc12. The fraction of sp³-hybridized carbons (Fsp3) is 0.300. The van der Waals surface area contributed by atoms with Gasteiger partial charge in [-0.15, -0.1) is 0 Å². The van der Waals surface area contributed by atoms with E-state index in [1.807, 2.05) is 0 Å². The summed E-state index contributed by atoms with van der Waals surface area (Å²) in [5.41, 5.74) is 0.581. The number of alkyl halides is 2. The van der Waals surface area contributed by atoms with E-state index in [1.54, 1.807) is 18.3 Å². The van der Waals surface area contributed by atoms with Crippen LogP contribution in [-0.4, -0.2) is 23.3 Å². The Morgan fingerprint density at radius 3 is 2.88 bits per heavy atom. The lowest BCUT2D eigenvalue weighted by Crippen LogP contribution is -2.06. The molecule has 16 heavy (non-hydrogen) atoms. The minimum Gasteiger partial charge on any atom is -0.493 e. The van der Waals surface area contributed by atoms with Crippen LogP contribution in [0.15, 0.2) is 22.8 Å². The molecule has 0 bridgehead atoms. The van der Waals surface area contributed by atoms with Gasteiger partial charge in [-0.25, -0.2) is 8.78 Å². The van der Waals surface area contributed by atoms with Gasteiger partial charge < -0.3 is 4.74 Å². The molecule has 0 aliphatic carbocycles. The van der Waals surface area contributed by atoms with Crippen LogP contribution in [0.5, 0.6) is 5.75 Å². The summed E-state index contributed by atoms with van der Waals surface area (Å²) in [4.78, 5) is 0. The summed E-state index contributed by atoms with van der Waals surface area (Å²) >= 11 is 3.32. The Kier molecular flexibility index (Phi) is 3.09. The number of methoxy groups -OCH3 is 1. The van der Waals surface area contributed by atoms with E-state index in [0.717, 1.165) is 9.86 Å². The van der Waals surface area contributed by atoms with Gasteiger partial charge in [0.2, 0.25) is 0 Å². The molecule has 0 aliphatic heterocycles. The molecule has 0 saturated carbocycles. The second-order valence-electron chi connectivity index (χ2n) is 3.26. The van der Waals surface area contributed by atoms with E-state index in [0.29, 0.717) is 11.3 Å². The van der Waals surface area contributed by atoms with Crippen LogP contribution in [0.4, 0.5) is 8.78 Å². The van der Waals surface area contributed by atoms with Crippen LogP contribution in [0.25, 0.3) is 10.9 Å². The number of hydrogen-bond donors (Lipinski definition) is 0. The highest BCUT2D eigenvalue weighted by molar-refractivity contribution is 9.10. The van der Waals surface area contributed by atoms with Crippen LogP contribution < -0.4 is 4.74 Å². The first-order valence-corrected chi connectivity index (χ1v) is 5.39. The van der Waals surface area contributed by atoms with Gasteiger partial charge in [0.25, 0.3) is 6.43 Å². The van der Waals surface area contributed by atoms with Gasteiger partial charge in [-0.05, 0) is 28.1 Å². The van der Waals surface area contributed by atoms with Gasteiger partial charge in [-0.2, -0.15) is 5.10 Å². The fourth-order valence-electron chi connectivity index (χ4n) is 1.52. The molecule has 1 aromatic carbocycles. The molecule has 0 amide bonds. The maximum absolute atomic E-state index is 12.2. The van der Waals surface area contributed by atoms with Crippen LogP contribution in [0.1, 0.15) is 0 Å². The third-order valence-corrected chi connectivity index (χ3v) is 2.78. The lowest BCUT2D eigenvalue weighted by atomic mass is 10.2. The second kappa shape index (κ2) is 4.37. The van der Waals surface area contributed by atoms with Gasteiger partial charge >= 0.3 is 0 Å². The van der Waals surface area contributed by atoms with Crippen LogP contribution in [0.3, 0.4) is 0 Å². The highest BCUT2D eigenvalue weighted by Gasteiger charge is 2.12. The Bertz CT molecular complexity index is 513. The van der Waals surface area contributed by atoms with Crippen molar-refractivity contribution in [3.63, 3.8) is 0 Å². The lowest BCUT2D eigenvalue weighted by Gasteiger charge is -2.02. The van der Waals surface area contributed by atoms with Gasteiger partial charge in [-0.3, -0.25) is 4.68 Å². The molecular formula is C10H9BrF2N2O. The molecule has 3 nitrogen and oxygen atoms in total. The molecule has 1 aromatic heterocycles. The monoisotopic (exact) mass is 290 g/mol. The molecule has 2 rings (SSSR count). The Labute approximate surface area is 99.1 Å². The molecule has 6 heteroatoms. The van der Waals surface area contributed by atoms with Crippen molar-refractivity contribution in [2.75, 3.05) is 7.11 Å². The molecule has 0 fully saturated rings. The van der Waals surface area contributed by atoms with Crippen molar-refractivity contribution in [1.29, 1.82) is 0 Å². The smallest absolute Gasteiger partial charge is 0.257 e. The third kappa shape index (κ3) is 2.02. The number of hydrogen-bond acceptors (Lipinski definition) is 2. The molecular weight excluding hydrogens is 282 g/mol. The first-order chi connectivity index (χ1) is 7.61. The first kappa shape index (κ1) is 11.3. The van der Waals surface area contributed by atoms with Crippen molar-refractivity contribution in [2.45, 2.75) is 13.0 Å². The first-order valence-electron chi connectivity index (χ1n) is 4.59. The summed E-state index contributed by atoms with van der Waals surface area (Å²) in [6, 6.07) is 3.60. The highest BCUT2D eigenvalue weighted by atomic mass is 79.9. The van der Waals surface area contributed by atoms with E-state index in [2.05, 4.69) is 21.0 Å². The zero-order chi connectivity index (χ0) is 11.7. The Morgan fingerprint density at radius 2 is 2.25 bits per heavy atom. The fourth-order valence-corrected chi connectivity index (χ4v) is 2.00. The number of benzene rings is 1. The molecule has 2 aromatic rings. The Hall–Kier alpha value is -1.17. The molecule has 0 N–H and O–H groups in total. The Morgan fingerprint density at radius 1 is 1.50 bits per heavy atom. The van der Waals surface area contributed by atoms with E-state index in [9.17, 15) is 8.78 Å². The van der Waals surface area contributed by atoms with E-state index in [1.165, 1.54) is 11.8 Å². The maximum Gasteiger partial charge on any atom is 0.257 e. The Balaban J connectivity index is 2.52. The summed E-state index contributed by atoms with van der Waals surface area (Å²) < 4.78 is 31.6. The normalized spacial score (nSPS) is 11.3. The van der Waals surface area contributed by atoms with Crippen LogP contribution >= 0.6 is 15.9 Å². The molecule has 0 spiro atoms. The third-order valence-electron chi connectivity index (χ3n) is 2.16. The average Bonchev–Trinajstić information content (AvgIpc) is 2.59. The van der Waals surface area contributed by atoms with Crippen molar-refractivity contribution in [1.82, 2.24) is 9.78 Å². The van der Waals surface area contributed by atoms with Gasteiger partial charge in [0.05, 0.1) is 11.6 Å². The van der Waals surface area contributed by atoms with Crippen molar-refractivity contribution < 1.29 is 13.5 Å². The van der Waals surface area contributed by atoms with Crippen molar-refractivity contribution in [3.05, 3.63) is 22.8 Å². The van der Waals surface area contributed by atoms with Crippen LogP contribution in [0.2, 0.25) is 0 Å². The van der Waals surface area contributed by atoms with Gasteiger partial charge in [-0.1, -0.05) is 0 Å². The summed E-state index contributed by atoms with van der Waals surface area (Å²) in [5.74, 6) is 0.561. The lowest BCUT2D eigenvalue weighted by molar-refractivity contribution is 0.122. The second-order valence-corrected chi connectivity index (χ2v) is 4.12. The molecule has 0 aliphatic rings. The molecule has 0 atom stereocenters. The summed E-state index contributed by atoms with van der Waals surface area (Å²) in [7, 11) is 1.52. The van der Waals surface area contributed by atoms with Crippen LogP contribution in [-0.2, 0) is 6.54 Å². The van der Waals surface area contributed by atoms with Crippen molar-refractivity contribution in [3.8, 4) is 5.75 Å². The van der Waals surface area contributed by atoms with Gasteiger partial charge in [0, 0.05) is 11.6 Å². The quantitative estimate of drug-likeness (QED) is 0.869. The molecule has 86 valence electrons. The average molecular weight is 291 g/mol. The predicted octanol–water partition coefficient (Wildman–Crippen LogP) is 3.07. The summed E-state index contributed by atoms with van der Waals surface area (Å²) in [5, 5.41) is 4.84. The number of fused-ring (bicyclic) bond motifs is 1. The van der Waals surface area contributed by atoms with Crippen molar-refractivity contribution in [2.24, 2.45) is 0 Å². The minimum atomic E-state index is -2.41. The zero-order valence-corrected chi connectivity index (χ0v) is 10.0. The highest BCUT2D eigenvalue weighted by Crippen LogP contribution is 2.32. The van der Waals surface area contributed by atoms with Crippen molar-refractivity contribution >= 4 is 26.8 Å². The summed E-state index contributed by atoms with van der Waals surface area (Å²) in [6.45, 7) is -0.407. The number of rotatable bonds is 3. The molecule has 1 heterocycles. The zero-order valence-electron chi connectivity index (χ0n) is 8.45. The van der Waals surface area contributed by atoms with E-state index >= 15 is 0 Å². The van der Waals surface area contributed by atoms with E-state index in [4.69, 9.17) is 4.74 Å². The standard InChI is InChI=1S/C10H9BrF2N2O/c1-16-10-7(11)3-2-6-4-15(5-8(12)13)14-9(6)10/h2-4,8H,5H2,1H3. The van der Waals surface area contributed by atoms with E-state index < -0.39 is 13.0 Å². The van der Waals surface area contributed by atoms with Crippen LogP contribution in [0, 0.1) is 0 Å². The summed E-state index contributed by atoms with van der Waals surface area (Å²) in [6.07, 6.45) is -0.833. The topological polar surface area (TPSA) is 27.1 Å². The number of ether oxygens (including phenoxy) is 1. The van der Waals surface area contributed by atoms with E-state index in [-0.39, 0.29) is 0 Å². The predicted molar refractivity (Wildman–Crippen MR) is 60.0 cm³/mol. The van der Waals surface area contributed by atoms with Gasteiger partial charge in [0.15, 0.2) is 5.75 Å². The molecule has 0 saturated heterocycles.